The number of Topliss-reactive ketones (excluding diaryl/α,β-unsaturated/α-hetero) is 1. The first-order valence-electron chi connectivity index (χ1n) is 10.1. The minimum Gasteiger partial charge on any atom is -0.507 e. The summed E-state index contributed by atoms with van der Waals surface area (Å²) in [6.07, 6.45) is 0.767. The molecule has 8 heteroatoms. The number of aromatic nitrogens is 2. The van der Waals surface area contributed by atoms with Crippen molar-refractivity contribution in [3.8, 4) is 17.2 Å². The number of hydrogen-bond acceptors (Lipinski definition) is 6. The number of ketones is 1. The summed E-state index contributed by atoms with van der Waals surface area (Å²) in [4.78, 5) is 29.0. The number of phenols is 1. The molecule has 1 aliphatic rings. The number of imidazole rings is 1. The van der Waals surface area contributed by atoms with Crippen LogP contribution in [0.15, 0.2) is 36.4 Å². The molecular weight excluding hydrogens is 398 g/mol. The van der Waals surface area contributed by atoms with Crippen LogP contribution in [0.3, 0.4) is 0 Å². The zero-order chi connectivity index (χ0) is 22.2. The first-order chi connectivity index (χ1) is 14.7. The number of aryl methyl sites for hydroxylation is 1. The number of hydrogen-bond donors (Lipinski definition) is 2. The van der Waals surface area contributed by atoms with Crippen molar-refractivity contribution in [3.63, 3.8) is 0 Å². The molecule has 2 heterocycles. The number of phenolic OH excluding ortho intramolecular Hbond substituents is 1. The minimum absolute atomic E-state index is 0.151. The van der Waals surface area contributed by atoms with Crippen LogP contribution in [0.4, 0.5) is 0 Å². The molecule has 0 radical (unpaired) electrons. The lowest BCUT2D eigenvalue weighted by Crippen LogP contribution is -2.36. The van der Waals surface area contributed by atoms with Gasteiger partial charge in [0, 0.05) is 32.1 Å². The molecule has 0 bridgehead atoms. The quantitative estimate of drug-likeness (QED) is 0.632. The second kappa shape index (κ2) is 7.94. The van der Waals surface area contributed by atoms with E-state index in [2.05, 4.69) is 10.3 Å². The van der Waals surface area contributed by atoms with Crippen LogP contribution in [-0.2, 0) is 18.3 Å². The van der Waals surface area contributed by atoms with Crippen LogP contribution in [0.1, 0.15) is 36.5 Å². The fourth-order valence-electron chi connectivity index (χ4n) is 3.76. The maximum absolute atomic E-state index is 12.3. The molecule has 31 heavy (non-hydrogen) atoms. The number of para-hydroxylation sites is 2. The Morgan fingerprint density at radius 2 is 2.10 bits per heavy atom. The van der Waals surface area contributed by atoms with E-state index in [1.165, 1.54) is 12.1 Å². The van der Waals surface area contributed by atoms with E-state index in [9.17, 15) is 14.7 Å². The molecule has 162 valence electrons. The topological polar surface area (TPSA) is 103 Å². The van der Waals surface area contributed by atoms with E-state index in [0.717, 1.165) is 16.9 Å². The molecule has 2 aromatic carbocycles. The Bertz CT molecular complexity index is 1170. The molecule has 0 saturated heterocycles. The number of aromatic hydroxyl groups is 1. The summed E-state index contributed by atoms with van der Waals surface area (Å²) in [5, 5.41) is 13.0. The highest BCUT2D eigenvalue weighted by Gasteiger charge is 2.35. The standard InChI is InChI=1S/C23H25N3O5/c1-23(2)12-18(28)22-17(27)10-14(11-19(22)31-23)30-13-21(29)24-9-8-20-25-15-6-4-5-7-16(15)26(20)3/h4-7,10-11,27H,8-9,12-13H2,1-3H3,(H,24,29). The molecule has 0 saturated carbocycles. The van der Waals surface area contributed by atoms with Gasteiger partial charge in [0.05, 0.1) is 17.5 Å². The summed E-state index contributed by atoms with van der Waals surface area (Å²) in [5.74, 6) is 0.704. The maximum atomic E-state index is 12.3. The highest BCUT2D eigenvalue weighted by atomic mass is 16.5. The first kappa shape index (κ1) is 20.7. The van der Waals surface area contributed by atoms with Gasteiger partial charge in [-0.15, -0.1) is 0 Å². The highest BCUT2D eigenvalue weighted by Crippen LogP contribution is 2.40. The van der Waals surface area contributed by atoms with Crippen molar-refractivity contribution in [3.05, 3.63) is 47.8 Å². The average Bonchev–Trinajstić information content (AvgIpc) is 3.01. The SMILES string of the molecule is Cn1c(CCNC(=O)COc2cc(O)c3c(c2)OC(C)(C)CC3=O)nc2ccccc21. The predicted octanol–water partition coefficient (Wildman–Crippen LogP) is 2.76. The van der Waals surface area contributed by atoms with Gasteiger partial charge in [-0.25, -0.2) is 4.98 Å². The van der Waals surface area contributed by atoms with E-state index >= 15 is 0 Å². The third-order valence-electron chi connectivity index (χ3n) is 5.23. The molecule has 1 aliphatic heterocycles. The van der Waals surface area contributed by atoms with Crippen LogP contribution in [0.2, 0.25) is 0 Å². The Hall–Kier alpha value is -3.55. The van der Waals surface area contributed by atoms with Gasteiger partial charge < -0.3 is 24.5 Å². The fraction of sp³-hybridized carbons (Fsp3) is 0.348. The van der Waals surface area contributed by atoms with E-state index < -0.39 is 5.60 Å². The van der Waals surface area contributed by atoms with Crippen molar-refractivity contribution in [2.24, 2.45) is 7.05 Å². The Balaban J connectivity index is 1.33. The van der Waals surface area contributed by atoms with Crippen molar-refractivity contribution in [2.45, 2.75) is 32.3 Å². The Morgan fingerprint density at radius 1 is 1.32 bits per heavy atom. The second-order valence-corrected chi connectivity index (χ2v) is 8.24. The maximum Gasteiger partial charge on any atom is 0.257 e. The molecule has 1 aromatic heterocycles. The van der Waals surface area contributed by atoms with Gasteiger partial charge in [-0.2, -0.15) is 0 Å². The van der Waals surface area contributed by atoms with Gasteiger partial charge in [0.15, 0.2) is 12.4 Å². The normalized spacial score (nSPS) is 14.7. The summed E-state index contributed by atoms with van der Waals surface area (Å²) in [6.45, 7) is 3.80. The van der Waals surface area contributed by atoms with Crippen LogP contribution >= 0.6 is 0 Å². The number of amides is 1. The van der Waals surface area contributed by atoms with Crippen LogP contribution in [0.5, 0.6) is 17.2 Å². The zero-order valence-electron chi connectivity index (χ0n) is 17.8. The molecule has 0 spiro atoms. The summed E-state index contributed by atoms with van der Waals surface area (Å²) in [5.41, 5.74) is 1.45. The van der Waals surface area contributed by atoms with Gasteiger partial charge in [-0.3, -0.25) is 9.59 Å². The molecule has 1 amide bonds. The van der Waals surface area contributed by atoms with Crippen LogP contribution in [-0.4, -0.2) is 45.1 Å². The smallest absolute Gasteiger partial charge is 0.257 e. The highest BCUT2D eigenvalue weighted by molar-refractivity contribution is 6.03. The number of benzene rings is 2. The van der Waals surface area contributed by atoms with Crippen molar-refractivity contribution in [1.29, 1.82) is 0 Å². The number of ether oxygens (including phenoxy) is 2. The average molecular weight is 423 g/mol. The third-order valence-corrected chi connectivity index (χ3v) is 5.23. The molecule has 3 aromatic rings. The van der Waals surface area contributed by atoms with Crippen molar-refractivity contribution in [1.82, 2.24) is 14.9 Å². The van der Waals surface area contributed by atoms with E-state index in [1.54, 1.807) is 13.8 Å². The summed E-state index contributed by atoms with van der Waals surface area (Å²) >= 11 is 0. The van der Waals surface area contributed by atoms with Gasteiger partial charge in [0.2, 0.25) is 0 Å². The number of nitrogens with zero attached hydrogens (tertiary/aromatic N) is 2. The molecule has 0 fully saturated rings. The van der Waals surface area contributed by atoms with E-state index in [4.69, 9.17) is 9.47 Å². The number of carbonyl (C=O) groups excluding carboxylic acids is 2. The fourth-order valence-corrected chi connectivity index (χ4v) is 3.76. The van der Waals surface area contributed by atoms with E-state index in [1.807, 2.05) is 35.9 Å². The van der Waals surface area contributed by atoms with Gasteiger partial charge in [0.25, 0.3) is 5.91 Å². The van der Waals surface area contributed by atoms with Gasteiger partial charge in [-0.05, 0) is 26.0 Å². The third kappa shape index (κ3) is 4.33. The van der Waals surface area contributed by atoms with Gasteiger partial charge in [0.1, 0.15) is 34.2 Å². The summed E-state index contributed by atoms with van der Waals surface area (Å²) < 4.78 is 13.3. The van der Waals surface area contributed by atoms with Crippen molar-refractivity contribution >= 4 is 22.7 Å². The lowest BCUT2D eigenvalue weighted by molar-refractivity contribution is -0.123. The van der Waals surface area contributed by atoms with Crippen LogP contribution in [0.25, 0.3) is 11.0 Å². The molecule has 8 nitrogen and oxygen atoms in total. The van der Waals surface area contributed by atoms with E-state index in [-0.39, 0.29) is 47.5 Å². The lowest BCUT2D eigenvalue weighted by Gasteiger charge is -2.32. The Kier molecular flexibility index (Phi) is 5.31. The van der Waals surface area contributed by atoms with Crippen LogP contribution < -0.4 is 14.8 Å². The van der Waals surface area contributed by atoms with Crippen LogP contribution in [0, 0.1) is 0 Å². The number of rotatable bonds is 6. The first-order valence-corrected chi connectivity index (χ1v) is 10.1. The summed E-state index contributed by atoms with van der Waals surface area (Å²) in [7, 11) is 1.95. The second-order valence-electron chi connectivity index (χ2n) is 8.24. The number of fused-ring (bicyclic) bond motifs is 2. The summed E-state index contributed by atoms with van der Waals surface area (Å²) in [6, 6.07) is 10.7. The number of nitrogens with one attached hydrogen (secondary N) is 1. The Labute approximate surface area is 179 Å². The molecule has 4 rings (SSSR count). The van der Waals surface area contributed by atoms with Gasteiger partial charge >= 0.3 is 0 Å². The van der Waals surface area contributed by atoms with E-state index in [0.29, 0.717) is 13.0 Å². The molecule has 0 aliphatic carbocycles. The molecule has 2 N–H and O–H groups in total. The molecular formula is C23H25N3O5. The predicted molar refractivity (Wildman–Crippen MR) is 115 cm³/mol. The minimum atomic E-state index is -0.664. The monoisotopic (exact) mass is 423 g/mol. The Morgan fingerprint density at radius 3 is 2.87 bits per heavy atom. The lowest BCUT2D eigenvalue weighted by atomic mass is 9.92. The molecule has 0 unspecified atom stereocenters. The largest absolute Gasteiger partial charge is 0.507 e. The van der Waals surface area contributed by atoms with Gasteiger partial charge in [-0.1, -0.05) is 12.1 Å². The molecule has 0 atom stereocenters. The van der Waals surface area contributed by atoms with Crippen molar-refractivity contribution < 1.29 is 24.2 Å². The van der Waals surface area contributed by atoms with Crippen molar-refractivity contribution in [2.75, 3.05) is 13.2 Å². The number of carbonyl (C=O) groups is 2. The zero-order valence-corrected chi connectivity index (χ0v) is 17.8.